The molecule has 0 radical (unpaired) electrons. The molecular weight excluding hydrogens is 334 g/mol. The van der Waals surface area contributed by atoms with Gasteiger partial charge in [0.1, 0.15) is 0 Å². The van der Waals surface area contributed by atoms with Gasteiger partial charge in [-0.25, -0.2) is 0 Å². The summed E-state index contributed by atoms with van der Waals surface area (Å²) in [5.41, 5.74) is 1.14. The molecule has 1 rings (SSSR count). The van der Waals surface area contributed by atoms with Gasteiger partial charge in [0.15, 0.2) is 11.5 Å². The largest absolute Gasteiger partial charge is 0.493 e. The highest BCUT2D eigenvalue weighted by Gasteiger charge is 2.14. The van der Waals surface area contributed by atoms with E-state index < -0.39 is 0 Å². The van der Waals surface area contributed by atoms with Crippen molar-refractivity contribution in [2.45, 2.75) is 39.3 Å². The molecule has 0 aliphatic rings. The van der Waals surface area contributed by atoms with E-state index in [2.05, 4.69) is 41.2 Å². The monoisotopic (exact) mass is 359 g/mol. The molecule has 0 spiro atoms. The third-order valence-corrected chi connectivity index (χ3v) is 3.70. The van der Waals surface area contributed by atoms with Crippen molar-refractivity contribution in [1.29, 1.82) is 0 Å². The van der Waals surface area contributed by atoms with Crippen LogP contribution in [0.2, 0.25) is 0 Å². The van der Waals surface area contributed by atoms with E-state index in [-0.39, 0.29) is 6.10 Å². The lowest BCUT2D eigenvalue weighted by atomic mass is 10.2. The van der Waals surface area contributed by atoms with Crippen LogP contribution in [0, 0.1) is 0 Å². The first-order valence-corrected chi connectivity index (χ1v) is 8.14. The van der Waals surface area contributed by atoms with Crippen LogP contribution in [-0.2, 0) is 11.3 Å². The first-order valence-electron chi connectivity index (χ1n) is 7.35. The first kappa shape index (κ1) is 18.3. The van der Waals surface area contributed by atoms with E-state index >= 15 is 0 Å². The summed E-state index contributed by atoms with van der Waals surface area (Å²) in [6.07, 6.45) is 2.30. The molecule has 0 saturated heterocycles. The van der Waals surface area contributed by atoms with Gasteiger partial charge in [0.05, 0.1) is 24.3 Å². The van der Waals surface area contributed by atoms with E-state index in [1.807, 2.05) is 6.07 Å². The van der Waals surface area contributed by atoms with Crippen molar-refractivity contribution in [3.8, 4) is 11.5 Å². The van der Waals surface area contributed by atoms with Crippen molar-refractivity contribution < 1.29 is 14.2 Å². The molecule has 0 saturated carbocycles. The molecule has 0 amide bonds. The molecule has 1 aromatic rings. The zero-order valence-electron chi connectivity index (χ0n) is 13.4. The Morgan fingerprint density at radius 2 is 2.05 bits per heavy atom. The second-order valence-electron chi connectivity index (χ2n) is 5.00. The Morgan fingerprint density at radius 3 is 2.67 bits per heavy atom. The second-order valence-corrected chi connectivity index (χ2v) is 5.85. The van der Waals surface area contributed by atoms with Gasteiger partial charge in [-0.05, 0) is 47.0 Å². The lowest BCUT2D eigenvalue weighted by Gasteiger charge is -2.19. The highest BCUT2D eigenvalue weighted by molar-refractivity contribution is 9.10. The Kier molecular flexibility index (Phi) is 8.73. The van der Waals surface area contributed by atoms with Crippen LogP contribution in [0.25, 0.3) is 0 Å². The van der Waals surface area contributed by atoms with E-state index in [1.165, 1.54) is 0 Å². The molecular formula is C16H26BrNO3. The molecule has 0 fully saturated rings. The number of methoxy groups -OCH3 is 2. The van der Waals surface area contributed by atoms with Crippen LogP contribution in [0.4, 0.5) is 0 Å². The molecule has 21 heavy (non-hydrogen) atoms. The minimum atomic E-state index is 0.172. The molecule has 1 aromatic carbocycles. The molecule has 5 heteroatoms. The fourth-order valence-electron chi connectivity index (χ4n) is 2.06. The van der Waals surface area contributed by atoms with Gasteiger partial charge in [-0.3, -0.25) is 0 Å². The van der Waals surface area contributed by atoms with Crippen LogP contribution in [0.15, 0.2) is 16.6 Å². The summed E-state index contributed by atoms with van der Waals surface area (Å²) in [5, 5.41) is 3.32. The standard InChI is InChI=1S/C16H26BrNO3/c1-5-6-12(2)21-16-14(17)9-13(10-15(16)20-4)11-18-7-8-19-3/h9-10,12,18H,5-8,11H2,1-4H3. The second kappa shape index (κ2) is 10.0. The number of rotatable bonds is 10. The van der Waals surface area contributed by atoms with E-state index in [1.54, 1.807) is 14.2 Å². The quantitative estimate of drug-likeness (QED) is 0.645. The summed E-state index contributed by atoms with van der Waals surface area (Å²) in [4.78, 5) is 0. The third kappa shape index (κ3) is 6.24. The van der Waals surface area contributed by atoms with E-state index in [9.17, 15) is 0 Å². The molecule has 0 aromatic heterocycles. The molecule has 0 aliphatic carbocycles. The van der Waals surface area contributed by atoms with Gasteiger partial charge < -0.3 is 19.5 Å². The zero-order valence-corrected chi connectivity index (χ0v) is 15.0. The van der Waals surface area contributed by atoms with Crippen molar-refractivity contribution >= 4 is 15.9 Å². The van der Waals surface area contributed by atoms with Gasteiger partial charge in [-0.1, -0.05) is 13.3 Å². The van der Waals surface area contributed by atoms with Crippen LogP contribution < -0.4 is 14.8 Å². The minimum Gasteiger partial charge on any atom is -0.493 e. The topological polar surface area (TPSA) is 39.7 Å². The number of benzene rings is 1. The van der Waals surface area contributed by atoms with E-state index in [0.29, 0.717) is 6.61 Å². The van der Waals surface area contributed by atoms with Crippen molar-refractivity contribution in [2.75, 3.05) is 27.4 Å². The molecule has 1 N–H and O–H groups in total. The Bertz CT molecular complexity index is 426. The Morgan fingerprint density at radius 1 is 1.29 bits per heavy atom. The molecule has 1 unspecified atom stereocenters. The van der Waals surface area contributed by atoms with Crippen molar-refractivity contribution in [3.05, 3.63) is 22.2 Å². The van der Waals surface area contributed by atoms with E-state index in [0.717, 1.165) is 47.5 Å². The van der Waals surface area contributed by atoms with Crippen LogP contribution >= 0.6 is 15.9 Å². The molecule has 0 aliphatic heterocycles. The lowest BCUT2D eigenvalue weighted by Crippen LogP contribution is -2.18. The Balaban J connectivity index is 2.76. The normalized spacial score (nSPS) is 12.2. The third-order valence-electron chi connectivity index (χ3n) is 3.12. The highest BCUT2D eigenvalue weighted by Crippen LogP contribution is 2.37. The van der Waals surface area contributed by atoms with Gasteiger partial charge in [0.25, 0.3) is 0 Å². The van der Waals surface area contributed by atoms with Gasteiger partial charge in [-0.15, -0.1) is 0 Å². The maximum atomic E-state index is 5.99. The average molecular weight is 360 g/mol. The average Bonchev–Trinajstić information content (AvgIpc) is 2.46. The fourth-order valence-corrected chi connectivity index (χ4v) is 2.65. The zero-order chi connectivity index (χ0) is 15.7. The maximum absolute atomic E-state index is 5.99. The van der Waals surface area contributed by atoms with Crippen LogP contribution in [0.5, 0.6) is 11.5 Å². The minimum absolute atomic E-state index is 0.172. The first-order chi connectivity index (χ1) is 10.1. The van der Waals surface area contributed by atoms with Crippen LogP contribution in [0.3, 0.4) is 0 Å². The fraction of sp³-hybridized carbons (Fsp3) is 0.625. The summed E-state index contributed by atoms with van der Waals surface area (Å²) in [6.45, 7) is 6.52. The number of ether oxygens (including phenoxy) is 3. The molecule has 1 atom stereocenters. The number of halogens is 1. The number of hydrogen-bond donors (Lipinski definition) is 1. The number of hydrogen-bond acceptors (Lipinski definition) is 4. The summed E-state index contributed by atoms with van der Waals surface area (Å²) in [5.74, 6) is 1.54. The molecule has 120 valence electrons. The predicted molar refractivity (Wildman–Crippen MR) is 89.3 cm³/mol. The van der Waals surface area contributed by atoms with Gasteiger partial charge in [0.2, 0.25) is 0 Å². The number of nitrogens with one attached hydrogen (secondary N) is 1. The lowest BCUT2D eigenvalue weighted by molar-refractivity contribution is 0.198. The van der Waals surface area contributed by atoms with Gasteiger partial charge >= 0.3 is 0 Å². The summed E-state index contributed by atoms with van der Waals surface area (Å²) < 4.78 is 17.4. The van der Waals surface area contributed by atoms with Crippen LogP contribution in [0.1, 0.15) is 32.3 Å². The summed E-state index contributed by atoms with van der Waals surface area (Å²) >= 11 is 3.58. The SMILES string of the molecule is CCCC(C)Oc1c(Br)cc(CNCCOC)cc1OC. The van der Waals surface area contributed by atoms with E-state index in [4.69, 9.17) is 14.2 Å². The predicted octanol–water partition coefficient (Wildman–Crippen LogP) is 3.76. The maximum Gasteiger partial charge on any atom is 0.175 e. The van der Waals surface area contributed by atoms with Crippen molar-refractivity contribution in [2.24, 2.45) is 0 Å². The van der Waals surface area contributed by atoms with Crippen LogP contribution in [-0.4, -0.2) is 33.5 Å². The summed E-state index contributed by atoms with van der Waals surface area (Å²) in [6, 6.07) is 4.08. The highest BCUT2D eigenvalue weighted by atomic mass is 79.9. The summed E-state index contributed by atoms with van der Waals surface area (Å²) in [7, 11) is 3.37. The molecule has 0 heterocycles. The van der Waals surface area contributed by atoms with Crippen molar-refractivity contribution in [3.63, 3.8) is 0 Å². The molecule has 0 bridgehead atoms. The molecule has 4 nitrogen and oxygen atoms in total. The Hall–Kier alpha value is -0.780. The van der Waals surface area contributed by atoms with Gasteiger partial charge in [-0.2, -0.15) is 0 Å². The van der Waals surface area contributed by atoms with Crippen molar-refractivity contribution in [1.82, 2.24) is 5.32 Å². The Labute approximate surface area is 136 Å². The smallest absolute Gasteiger partial charge is 0.175 e. The van der Waals surface area contributed by atoms with Gasteiger partial charge in [0, 0.05) is 20.2 Å².